The molecule has 0 aliphatic carbocycles. The summed E-state index contributed by atoms with van der Waals surface area (Å²) in [6.45, 7) is 10.9. The molecule has 0 aliphatic heterocycles. The minimum absolute atomic E-state index is 0.0804. The lowest BCUT2D eigenvalue weighted by molar-refractivity contribution is -0.114. The molecule has 0 unspecified atom stereocenters. The van der Waals surface area contributed by atoms with E-state index in [0.29, 0.717) is 25.2 Å². The molecule has 4 N–H and O–H groups in total. The molecule has 1 heterocycles. The molecule has 1 aromatic carbocycles. The molecule has 33 heavy (non-hydrogen) atoms. The van der Waals surface area contributed by atoms with Crippen molar-refractivity contribution in [2.45, 2.75) is 46.7 Å². The molecule has 0 atom stereocenters. The number of anilines is 2. The number of aromatic nitrogens is 1. The van der Waals surface area contributed by atoms with Gasteiger partial charge in [-0.05, 0) is 33.8 Å². The molecule has 0 bridgehead atoms. The Kier molecular flexibility index (Phi) is 9.18. The number of methoxy groups -OCH3 is 1. The minimum Gasteiger partial charge on any atom is -0.507 e. The molecule has 10 nitrogen and oxygen atoms in total. The smallest absolute Gasteiger partial charge is 0.270 e. The van der Waals surface area contributed by atoms with Crippen molar-refractivity contribution in [1.29, 1.82) is 0 Å². The normalized spacial score (nSPS) is 11.1. The van der Waals surface area contributed by atoms with Crippen LogP contribution in [0.1, 0.15) is 55.5 Å². The number of nitrogens with zero attached hydrogens (tertiary/aromatic N) is 2. The Bertz CT molecular complexity index is 997. The Morgan fingerprint density at radius 3 is 2.36 bits per heavy atom. The van der Waals surface area contributed by atoms with Gasteiger partial charge in [0, 0.05) is 43.5 Å². The zero-order valence-electron chi connectivity index (χ0n) is 19.7. The summed E-state index contributed by atoms with van der Waals surface area (Å²) in [6.07, 6.45) is 0. The largest absolute Gasteiger partial charge is 0.507 e. The summed E-state index contributed by atoms with van der Waals surface area (Å²) >= 11 is 1.09. The van der Waals surface area contributed by atoms with E-state index < -0.39 is 5.91 Å². The number of hydrogen-bond acceptors (Lipinski definition) is 8. The van der Waals surface area contributed by atoms with Crippen molar-refractivity contribution in [3.63, 3.8) is 0 Å². The summed E-state index contributed by atoms with van der Waals surface area (Å²) in [5.74, 6) is -1.45. The Morgan fingerprint density at radius 2 is 1.79 bits per heavy atom. The second-order valence-electron chi connectivity index (χ2n) is 7.92. The Morgan fingerprint density at radius 1 is 1.12 bits per heavy atom. The molecule has 0 saturated carbocycles. The van der Waals surface area contributed by atoms with Crippen LogP contribution in [0.4, 0.5) is 10.8 Å². The number of carbonyl (C=O) groups excluding carboxylic acids is 3. The molecule has 0 spiro atoms. The average molecular weight is 478 g/mol. The van der Waals surface area contributed by atoms with Crippen LogP contribution in [0, 0.1) is 0 Å². The molecule has 180 valence electrons. The maximum absolute atomic E-state index is 12.7. The van der Waals surface area contributed by atoms with Crippen molar-refractivity contribution in [1.82, 2.24) is 15.2 Å². The SMILES string of the molecule is COc1cc(O)c(C(=O)Nc2nc(C(=O)NCCN(C(C)C)C(C)C)cs2)cc1NC(C)=O. The highest BCUT2D eigenvalue weighted by Crippen LogP contribution is 2.33. The summed E-state index contributed by atoms with van der Waals surface area (Å²) in [5, 5.41) is 19.9. The van der Waals surface area contributed by atoms with Gasteiger partial charge in [0.25, 0.3) is 11.8 Å². The lowest BCUT2D eigenvalue weighted by Crippen LogP contribution is -2.42. The summed E-state index contributed by atoms with van der Waals surface area (Å²) in [4.78, 5) is 42.9. The maximum Gasteiger partial charge on any atom is 0.270 e. The van der Waals surface area contributed by atoms with Gasteiger partial charge in [0.15, 0.2) is 5.13 Å². The fraction of sp³-hybridized carbons (Fsp3) is 0.455. The second-order valence-corrected chi connectivity index (χ2v) is 8.78. The molecule has 2 aromatic rings. The highest BCUT2D eigenvalue weighted by Gasteiger charge is 2.19. The number of phenolic OH excluding ortho intramolecular Hbond substituents is 1. The van der Waals surface area contributed by atoms with Crippen molar-refractivity contribution in [2.75, 3.05) is 30.8 Å². The third kappa shape index (κ3) is 7.16. The van der Waals surface area contributed by atoms with Crippen LogP contribution in [0.2, 0.25) is 0 Å². The van der Waals surface area contributed by atoms with E-state index in [9.17, 15) is 19.5 Å². The Labute approximate surface area is 197 Å². The van der Waals surface area contributed by atoms with Crippen LogP contribution >= 0.6 is 11.3 Å². The van der Waals surface area contributed by atoms with E-state index >= 15 is 0 Å². The topological polar surface area (TPSA) is 133 Å². The van der Waals surface area contributed by atoms with Gasteiger partial charge in [0.05, 0.1) is 18.4 Å². The van der Waals surface area contributed by atoms with E-state index in [0.717, 1.165) is 11.3 Å². The first-order valence-electron chi connectivity index (χ1n) is 10.5. The minimum atomic E-state index is -0.646. The van der Waals surface area contributed by atoms with Gasteiger partial charge in [0.1, 0.15) is 17.2 Å². The predicted molar refractivity (Wildman–Crippen MR) is 128 cm³/mol. The average Bonchev–Trinajstić information content (AvgIpc) is 3.19. The molecule has 2 rings (SSSR count). The molecule has 11 heteroatoms. The number of benzene rings is 1. The van der Waals surface area contributed by atoms with Gasteiger partial charge in [-0.2, -0.15) is 0 Å². The van der Waals surface area contributed by atoms with E-state index in [1.807, 2.05) is 0 Å². The van der Waals surface area contributed by atoms with Crippen LogP contribution in [0.5, 0.6) is 11.5 Å². The van der Waals surface area contributed by atoms with Crippen LogP contribution in [-0.4, -0.2) is 65.0 Å². The van der Waals surface area contributed by atoms with Crippen LogP contribution < -0.4 is 20.7 Å². The first kappa shape index (κ1) is 26.1. The Hall–Kier alpha value is -3.18. The summed E-state index contributed by atoms with van der Waals surface area (Å²) in [5.41, 5.74) is 0.348. The standard InChI is InChI=1S/C22H31N5O5S/c1-12(2)27(13(3)4)8-7-23-21(31)17-11-33-22(25-17)26-20(30)15-9-16(24-14(5)28)19(32-6)10-18(15)29/h9-13,29H,7-8H2,1-6H3,(H,23,31)(H,24,28)(H,25,26,30). The predicted octanol–water partition coefficient (Wildman–Crippen LogP) is 2.92. The van der Waals surface area contributed by atoms with E-state index in [1.165, 1.54) is 26.2 Å². The van der Waals surface area contributed by atoms with Crippen molar-refractivity contribution in [3.8, 4) is 11.5 Å². The van der Waals surface area contributed by atoms with Crippen LogP contribution in [0.25, 0.3) is 0 Å². The zero-order chi connectivity index (χ0) is 24.7. The van der Waals surface area contributed by atoms with E-state index in [2.05, 4.69) is 53.5 Å². The molecule has 1 aromatic heterocycles. The number of rotatable bonds is 10. The number of nitrogens with one attached hydrogen (secondary N) is 3. The number of ether oxygens (including phenoxy) is 1. The van der Waals surface area contributed by atoms with Crippen molar-refractivity contribution in [2.24, 2.45) is 0 Å². The molecular weight excluding hydrogens is 446 g/mol. The van der Waals surface area contributed by atoms with E-state index in [-0.39, 0.29) is 45.4 Å². The number of aromatic hydroxyl groups is 1. The number of thiazole rings is 1. The first-order valence-corrected chi connectivity index (χ1v) is 11.4. The fourth-order valence-electron chi connectivity index (χ4n) is 3.31. The monoisotopic (exact) mass is 477 g/mol. The van der Waals surface area contributed by atoms with Gasteiger partial charge in [-0.25, -0.2) is 4.98 Å². The molecule has 0 saturated heterocycles. The lowest BCUT2D eigenvalue weighted by atomic mass is 10.1. The molecule has 3 amide bonds. The van der Waals surface area contributed by atoms with Gasteiger partial charge in [-0.1, -0.05) is 0 Å². The van der Waals surface area contributed by atoms with Gasteiger partial charge in [-0.15, -0.1) is 11.3 Å². The zero-order valence-corrected chi connectivity index (χ0v) is 20.5. The fourth-order valence-corrected chi connectivity index (χ4v) is 3.99. The number of carbonyl (C=O) groups is 3. The lowest BCUT2D eigenvalue weighted by Gasteiger charge is -2.30. The van der Waals surface area contributed by atoms with Crippen molar-refractivity contribution < 1.29 is 24.2 Å². The highest BCUT2D eigenvalue weighted by atomic mass is 32.1. The number of hydrogen-bond donors (Lipinski definition) is 4. The molecular formula is C22H31N5O5S. The number of phenols is 1. The molecule has 0 fully saturated rings. The van der Waals surface area contributed by atoms with Crippen LogP contribution in [0.3, 0.4) is 0 Å². The number of amides is 3. The Balaban J connectivity index is 2.04. The second kappa shape index (κ2) is 11.6. The third-order valence-corrected chi connectivity index (χ3v) is 5.57. The third-order valence-electron chi connectivity index (χ3n) is 4.81. The summed E-state index contributed by atoms with van der Waals surface area (Å²) in [6, 6.07) is 3.27. The van der Waals surface area contributed by atoms with Gasteiger partial charge < -0.3 is 20.5 Å². The quantitative estimate of drug-likeness (QED) is 0.387. The van der Waals surface area contributed by atoms with Crippen molar-refractivity contribution in [3.05, 3.63) is 28.8 Å². The van der Waals surface area contributed by atoms with Gasteiger partial charge in [-0.3, -0.25) is 24.6 Å². The first-order chi connectivity index (χ1) is 15.5. The van der Waals surface area contributed by atoms with E-state index in [1.54, 1.807) is 5.38 Å². The highest BCUT2D eigenvalue weighted by molar-refractivity contribution is 7.14. The summed E-state index contributed by atoms with van der Waals surface area (Å²) < 4.78 is 5.12. The van der Waals surface area contributed by atoms with Crippen molar-refractivity contribution >= 4 is 39.9 Å². The molecule has 0 radical (unpaired) electrons. The van der Waals surface area contributed by atoms with Crippen LogP contribution in [-0.2, 0) is 4.79 Å². The van der Waals surface area contributed by atoms with Crippen LogP contribution in [0.15, 0.2) is 17.5 Å². The molecule has 0 aliphatic rings. The van der Waals surface area contributed by atoms with Gasteiger partial charge >= 0.3 is 0 Å². The summed E-state index contributed by atoms with van der Waals surface area (Å²) in [7, 11) is 1.38. The maximum atomic E-state index is 12.7. The van der Waals surface area contributed by atoms with Gasteiger partial charge in [0.2, 0.25) is 5.91 Å². The van der Waals surface area contributed by atoms with E-state index in [4.69, 9.17) is 4.74 Å².